The number of nitrogens with zero attached hydrogens (tertiary/aromatic N) is 1. The molecule has 0 aromatic heterocycles. The van der Waals surface area contributed by atoms with Crippen LogP contribution in [0.5, 0.6) is 0 Å². The van der Waals surface area contributed by atoms with E-state index >= 15 is 0 Å². The Morgan fingerprint density at radius 3 is 2.22 bits per heavy atom. The predicted molar refractivity (Wildman–Crippen MR) is 82.0 cm³/mol. The lowest BCUT2D eigenvalue weighted by molar-refractivity contribution is -0.384. The fourth-order valence-electron chi connectivity index (χ4n) is 2.09. The molecule has 23 heavy (non-hydrogen) atoms. The number of carbonyl (C=O) groups excluding carboxylic acids is 1. The number of amides is 1. The quantitative estimate of drug-likeness (QED) is 0.629. The Morgan fingerprint density at radius 2 is 1.70 bits per heavy atom. The summed E-state index contributed by atoms with van der Waals surface area (Å²) in [6.07, 6.45) is -0.323. The van der Waals surface area contributed by atoms with Crippen LogP contribution in [0.25, 0.3) is 0 Å². The van der Waals surface area contributed by atoms with Gasteiger partial charge in [-0.3, -0.25) is 19.7 Å². The van der Waals surface area contributed by atoms with Gasteiger partial charge < -0.3 is 10.4 Å². The number of hydrogen-bond acceptors (Lipinski definition) is 4. The SMILES string of the molecule is O=C(O)C[C@@H](NC(=O)c1ccccc1)c1ccc([N+](=O)[O-])cc1. The Balaban J connectivity index is 2.21. The highest BCUT2D eigenvalue weighted by Crippen LogP contribution is 2.21. The van der Waals surface area contributed by atoms with Crippen LogP contribution in [0.3, 0.4) is 0 Å². The van der Waals surface area contributed by atoms with Crippen molar-refractivity contribution in [3.8, 4) is 0 Å². The standard InChI is InChI=1S/C16H14N2O5/c19-15(20)10-14(11-6-8-13(9-7-11)18(22)23)17-16(21)12-4-2-1-3-5-12/h1-9,14H,10H2,(H,17,21)(H,19,20)/t14-/m1/s1. The second-order valence-corrected chi connectivity index (χ2v) is 4.84. The Morgan fingerprint density at radius 1 is 1.09 bits per heavy atom. The van der Waals surface area contributed by atoms with E-state index in [1.807, 2.05) is 0 Å². The molecule has 2 aromatic carbocycles. The van der Waals surface area contributed by atoms with E-state index in [1.165, 1.54) is 24.3 Å². The van der Waals surface area contributed by atoms with Gasteiger partial charge in [0.25, 0.3) is 11.6 Å². The van der Waals surface area contributed by atoms with Crippen LogP contribution in [0.2, 0.25) is 0 Å². The van der Waals surface area contributed by atoms with Crippen molar-refractivity contribution in [2.24, 2.45) is 0 Å². The van der Waals surface area contributed by atoms with Crippen LogP contribution >= 0.6 is 0 Å². The first-order valence-electron chi connectivity index (χ1n) is 6.79. The summed E-state index contributed by atoms with van der Waals surface area (Å²) in [6.45, 7) is 0. The first kappa shape index (κ1) is 16.2. The topological polar surface area (TPSA) is 110 Å². The third-order valence-electron chi connectivity index (χ3n) is 3.23. The Labute approximate surface area is 131 Å². The third-order valence-corrected chi connectivity index (χ3v) is 3.23. The number of aliphatic carboxylic acids is 1. The normalized spacial score (nSPS) is 11.5. The summed E-state index contributed by atoms with van der Waals surface area (Å²) in [4.78, 5) is 33.3. The van der Waals surface area contributed by atoms with Crippen LogP contribution in [-0.2, 0) is 4.79 Å². The molecule has 2 N–H and O–H groups in total. The average molecular weight is 314 g/mol. The molecule has 7 nitrogen and oxygen atoms in total. The molecule has 0 spiro atoms. The van der Waals surface area contributed by atoms with Gasteiger partial charge in [0, 0.05) is 17.7 Å². The van der Waals surface area contributed by atoms with Gasteiger partial charge in [-0.25, -0.2) is 0 Å². The van der Waals surface area contributed by atoms with E-state index in [0.29, 0.717) is 11.1 Å². The summed E-state index contributed by atoms with van der Waals surface area (Å²) in [6, 6.07) is 13.1. The third kappa shape index (κ3) is 4.37. The number of benzene rings is 2. The molecule has 0 aliphatic heterocycles. The molecular formula is C16H14N2O5. The number of non-ortho nitro benzene ring substituents is 1. The number of rotatable bonds is 6. The molecule has 118 valence electrons. The van der Waals surface area contributed by atoms with Crippen LogP contribution < -0.4 is 5.32 Å². The molecule has 2 rings (SSSR count). The van der Waals surface area contributed by atoms with Crippen LogP contribution in [0, 0.1) is 10.1 Å². The smallest absolute Gasteiger partial charge is 0.305 e. The molecule has 0 aliphatic rings. The highest BCUT2D eigenvalue weighted by atomic mass is 16.6. The minimum atomic E-state index is -1.08. The molecule has 0 unspecified atom stereocenters. The number of nitrogens with one attached hydrogen (secondary N) is 1. The summed E-state index contributed by atoms with van der Waals surface area (Å²) in [5.41, 5.74) is 0.796. The van der Waals surface area contributed by atoms with Crippen LogP contribution in [0.15, 0.2) is 54.6 Å². The lowest BCUT2D eigenvalue weighted by Gasteiger charge is -2.17. The van der Waals surface area contributed by atoms with Crippen LogP contribution in [-0.4, -0.2) is 21.9 Å². The van der Waals surface area contributed by atoms with Crippen molar-refractivity contribution in [1.82, 2.24) is 5.32 Å². The molecule has 0 aliphatic carbocycles. The number of carboxylic acids is 1. The summed E-state index contributed by atoms with van der Waals surface area (Å²) in [5, 5.41) is 22.3. The monoisotopic (exact) mass is 314 g/mol. The van der Waals surface area contributed by atoms with Gasteiger partial charge >= 0.3 is 5.97 Å². The van der Waals surface area contributed by atoms with Gasteiger partial charge in [-0.2, -0.15) is 0 Å². The summed E-state index contributed by atoms with van der Waals surface area (Å²) >= 11 is 0. The maximum atomic E-state index is 12.2. The molecule has 1 amide bonds. The molecule has 0 heterocycles. The van der Waals surface area contributed by atoms with Crippen molar-refractivity contribution >= 4 is 17.6 Å². The first-order chi connectivity index (χ1) is 11.0. The van der Waals surface area contributed by atoms with Gasteiger partial charge in [0.2, 0.25) is 0 Å². The molecule has 0 saturated heterocycles. The van der Waals surface area contributed by atoms with E-state index in [4.69, 9.17) is 5.11 Å². The minimum Gasteiger partial charge on any atom is -0.481 e. The molecule has 0 radical (unpaired) electrons. The molecule has 7 heteroatoms. The van der Waals surface area contributed by atoms with Crippen molar-refractivity contribution in [2.75, 3.05) is 0 Å². The van der Waals surface area contributed by atoms with E-state index in [0.717, 1.165) is 0 Å². The number of carboxylic acid groups (broad SMARTS) is 1. The fourth-order valence-corrected chi connectivity index (χ4v) is 2.09. The Hall–Kier alpha value is -3.22. The number of nitro groups is 1. The maximum absolute atomic E-state index is 12.2. The molecule has 2 aromatic rings. The second kappa shape index (κ2) is 7.17. The highest BCUT2D eigenvalue weighted by Gasteiger charge is 2.19. The van der Waals surface area contributed by atoms with Gasteiger partial charge in [0.1, 0.15) is 0 Å². The first-order valence-corrected chi connectivity index (χ1v) is 6.79. The Bertz CT molecular complexity index is 713. The molecule has 1 atom stereocenters. The van der Waals surface area contributed by atoms with Crippen molar-refractivity contribution in [2.45, 2.75) is 12.5 Å². The number of nitro benzene ring substituents is 1. The minimum absolute atomic E-state index is 0.0998. The van der Waals surface area contributed by atoms with Crippen LogP contribution in [0.4, 0.5) is 5.69 Å². The molecule has 0 saturated carbocycles. The lowest BCUT2D eigenvalue weighted by atomic mass is 10.0. The van der Waals surface area contributed by atoms with Gasteiger partial charge in [-0.15, -0.1) is 0 Å². The largest absolute Gasteiger partial charge is 0.481 e. The second-order valence-electron chi connectivity index (χ2n) is 4.84. The number of hydrogen-bond donors (Lipinski definition) is 2. The van der Waals surface area contributed by atoms with E-state index in [1.54, 1.807) is 30.3 Å². The summed E-state index contributed by atoms with van der Waals surface area (Å²) in [7, 11) is 0. The van der Waals surface area contributed by atoms with Gasteiger partial charge in [-0.05, 0) is 17.7 Å². The zero-order valence-electron chi connectivity index (χ0n) is 12.0. The van der Waals surface area contributed by atoms with Crippen molar-refractivity contribution in [3.05, 3.63) is 75.8 Å². The lowest BCUT2D eigenvalue weighted by Crippen LogP contribution is -2.30. The zero-order valence-corrected chi connectivity index (χ0v) is 12.0. The fraction of sp³-hybridized carbons (Fsp3) is 0.125. The summed E-state index contributed by atoms with van der Waals surface area (Å²) < 4.78 is 0. The van der Waals surface area contributed by atoms with Gasteiger partial charge in [0.05, 0.1) is 17.4 Å². The van der Waals surface area contributed by atoms with Crippen molar-refractivity contribution in [3.63, 3.8) is 0 Å². The van der Waals surface area contributed by atoms with Crippen molar-refractivity contribution < 1.29 is 19.6 Å². The van der Waals surface area contributed by atoms with Crippen molar-refractivity contribution in [1.29, 1.82) is 0 Å². The zero-order chi connectivity index (χ0) is 16.8. The maximum Gasteiger partial charge on any atom is 0.305 e. The van der Waals surface area contributed by atoms with E-state index in [9.17, 15) is 19.7 Å². The average Bonchev–Trinajstić information content (AvgIpc) is 2.54. The predicted octanol–water partition coefficient (Wildman–Crippen LogP) is 2.54. The van der Waals surface area contributed by atoms with E-state index in [2.05, 4.69) is 5.32 Å². The molecule has 0 fully saturated rings. The van der Waals surface area contributed by atoms with Gasteiger partial charge in [0.15, 0.2) is 0 Å². The van der Waals surface area contributed by atoms with Gasteiger partial charge in [-0.1, -0.05) is 30.3 Å². The molecule has 0 bridgehead atoms. The Kier molecular flexibility index (Phi) is 5.03. The van der Waals surface area contributed by atoms with Crippen LogP contribution in [0.1, 0.15) is 28.4 Å². The summed E-state index contributed by atoms with van der Waals surface area (Å²) in [5.74, 6) is -1.49. The number of carbonyl (C=O) groups is 2. The molecular weight excluding hydrogens is 300 g/mol. The van der Waals surface area contributed by atoms with E-state index < -0.39 is 22.8 Å². The highest BCUT2D eigenvalue weighted by molar-refractivity contribution is 5.94. The van der Waals surface area contributed by atoms with E-state index in [-0.39, 0.29) is 12.1 Å².